The molecule has 106 heavy (non-hydrogen) atoms. The molecule has 29 heteroatoms. The molecular weight excluding hydrogens is 1430 g/mol. The molecule has 0 saturated heterocycles. The first-order valence-corrected chi connectivity index (χ1v) is 35.5. The summed E-state index contributed by atoms with van der Waals surface area (Å²) in [5.41, 5.74) is 9.81. The lowest BCUT2D eigenvalue weighted by atomic mass is 10.0. The molecular formula is C77H93BrF6N18O4. The number of alkyl halides is 6. The first-order valence-electron chi connectivity index (χ1n) is 34.7. The van der Waals surface area contributed by atoms with Crippen LogP contribution in [0.15, 0.2) is 169 Å². The number of amides is 2. The Kier molecular flexibility index (Phi) is 29.3. The molecule has 9 aromatic heterocycles. The Hall–Kier alpha value is -10.3. The molecule has 0 aliphatic carbocycles. The van der Waals surface area contributed by atoms with Gasteiger partial charge in [0.05, 0.1) is 19.6 Å². The topological polar surface area (TPSA) is 273 Å². The van der Waals surface area contributed by atoms with Gasteiger partial charge in [-0.1, -0.05) is 62.0 Å². The monoisotopic (exact) mass is 1530 g/mol. The number of pyridine rings is 9. The maximum Gasteiger partial charge on any atom is 0.416 e. The molecule has 2 amide bonds. The highest BCUT2D eigenvalue weighted by Gasteiger charge is 2.36. The first kappa shape index (κ1) is 81.4. The van der Waals surface area contributed by atoms with Crippen molar-refractivity contribution in [3.63, 3.8) is 0 Å². The largest absolute Gasteiger partial charge is 0.443 e. The molecule has 3 aliphatic rings. The summed E-state index contributed by atoms with van der Waals surface area (Å²) in [5, 5.41) is 17.8. The van der Waals surface area contributed by atoms with Gasteiger partial charge in [-0.3, -0.25) is 24.8 Å². The van der Waals surface area contributed by atoms with E-state index in [0.717, 1.165) is 97.8 Å². The van der Waals surface area contributed by atoms with Gasteiger partial charge in [-0.2, -0.15) is 26.3 Å². The van der Waals surface area contributed by atoms with Gasteiger partial charge in [0.25, 0.3) is 0 Å². The van der Waals surface area contributed by atoms with Gasteiger partial charge in [-0.25, -0.2) is 39.5 Å². The van der Waals surface area contributed by atoms with E-state index in [0.29, 0.717) is 78.7 Å². The second kappa shape index (κ2) is 38.1. The Bertz CT molecular complexity index is 4260. The van der Waals surface area contributed by atoms with Crippen molar-refractivity contribution in [2.75, 3.05) is 101 Å². The van der Waals surface area contributed by atoms with Crippen LogP contribution < -0.4 is 47.4 Å². The number of aromatic nitrogens is 9. The summed E-state index contributed by atoms with van der Waals surface area (Å²) in [6.07, 6.45) is 11.2. The Morgan fingerprint density at radius 2 is 0.840 bits per heavy atom. The standard InChI is InChI=1S/C27H32F2N6O2.C22H24F2N6.C15H23N3O2.C12H10BrF2N3.CH4/c1-26(2,3)37-25(36)35-17-7-8-19-12-13-20(33-24(19)35)14-16-31-22-10-6-11-23(34-22)32-18-27(28,29)21-9-4-5-15-30-21;23-22(24,18-6-1-2-12-25-18)15-28-20-8-3-7-19(30-20)26-14-11-17-10-9-16-5-4-13-27-21(16)29-17;1-15(2,3)20-14(19)18-10-4-5-11-6-7-12(8-9-16)17-13(11)18;13-10-5-3-6-11(18-10)17-8-12(14,15)9-4-1-2-7-16-9;/h4-6,9-13,15H,7-8,14,16-18H2,1-3H3,(H2,31,32,34);1-3,6-10,12H,4-5,11,13-15H2,(H,27,29)(H2,26,28,30);6-7H,4-5,8-10,16H2,1-3H3;1-7H,8H2,(H,17,18);1H4. The molecule has 0 aromatic carbocycles. The van der Waals surface area contributed by atoms with E-state index in [2.05, 4.69) is 99.8 Å². The maximum absolute atomic E-state index is 14.4. The zero-order chi connectivity index (χ0) is 75.0. The van der Waals surface area contributed by atoms with Crippen molar-refractivity contribution >= 4 is 74.7 Å². The van der Waals surface area contributed by atoms with Crippen LogP contribution in [0.2, 0.25) is 0 Å². The van der Waals surface area contributed by atoms with E-state index in [4.69, 9.17) is 20.2 Å². The number of rotatable bonds is 22. The predicted octanol–water partition coefficient (Wildman–Crippen LogP) is 15.9. The third kappa shape index (κ3) is 25.2. The molecule has 12 heterocycles. The summed E-state index contributed by atoms with van der Waals surface area (Å²) in [6, 6.07) is 41.0. The highest BCUT2D eigenvalue weighted by atomic mass is 79.9. The summed E-state index contributed by atoms with van der Waals surface area (Å²) < 4.78 is 96.5. The zero-order valence-electron chi connectivity index (χ0n) is 59.6. The SMILES string of the molecule is C.CC(C)(C)OC(=O)N1CCCc2ccc(CCN)nc21.CC(C)(C)OC(=O)N1CCCc2ccc(CCNc3cccc(NCC(F)(F)c4ccccn4)n3)nc21.FC(F)(CNc1cccc(Br)n1)c1ccccn1.FC(F)(CNc1cccc(NCCc2ccc3c(n2)NCCC3)n1)c1ccccn1. The van der Waals surface area contributed by atoms with Crippen molar-refractivity contribution in [2.45, 2.75) is 136 Å². The van der Waals surface area contributed by atoms with Crippen LogP contribution in [0.1, 0.15) is 119 Å². The third-order valence-electron chi connectivity index (χ3n) is 16.0. The van der Waals surface area contributed by atoms with E-state index in [1.165, 1.54) is 54.5 Å². The smallest absolute Gasteiger partial charge is 0.416 e. The lowest BCUT2D eigenvalue weighted by Gasteiger charge is -2.31. The van der Waals surface area contributed by atoms with Crippen molar-refractivity contribution in [3.8, 4) is 0 Å². The van der Waals surface area contributed by atoms with E-state index in [9.17, 15) is 35.9 Å². The van der Waals surface area contributed by atoms with Gasteiger partial charge in [-0.05, 0) is 210 Å². The van der Waals surface area contributed by atoms with Crippen molar-refractivity contribution in [3.05, 3.63) is 220 Å². The molecule has 0 unspecified atom stereocenters. The summed E-state index contributed by atoms with van der Waals surface area (Å²) in [4.78, 5) is 66.1. The molecule has 0 saturated carbocycles. The summed E-state index contributed by atoms with van der Waals surface area (Å²) >= 11 is 3.18. The third-order valence-corrected chi connectivity index (χ3v) is 16.4. The molecule has 564 valence electrons. The molecule has 0 spiro atoms. The molecule has 0 fully saturated rings. The molecule has 0 radical (unpaired) electrons. The number of nitrogens with zero attached hydrogens (tertiary/aromatic N) is 11. The highest BCUT2D eigenvalue weighted by molar-refractivity contribution is 9.10. The maximum atomic E-state index is 14.4. The minimum absolute atomic E-state index is 0. The van der Waals surface area contributed by atoms with Gasteiger partial charge < -0.3 is 47.1 Å². The van der Waals surface area contributed by atoms with Gasteiger partial charge in [0.2, 0.25) is 0 Å². The molecule has 12 rings (SSSR count). The van der Waals surface area contributed by atoms with E-state index < -0.39 is 54.7 Å². The van der Waals surface area contributed by atoms with Crippen LogP contribution in [0.4, 0.5) is 82.5 Å². The van der Waals surface area contributed by atoms with Gasteiger partial charge in [0, 0.05) is 87.7 Å². The normalized spacial score (nSPS) is 13.2. The summed E-state index contributed by atoms with van der Waals surface area (Å²) in [6.45, 7) is 13.3. The Balaban J connectivity index is 0.000000185. The fourth-order valence-electron chi connectivity index (χ4n) is 10.9. The number of fused-ring (bicyclic) bond motifs is 3. The van der Waals surface area contributed by atoms with Crippen molar-refractivity contribution in [2.24, 2.45) is 5.73 Å². The Morgan fingerprint density at radius 3 is 1.24 bits per heavy atom. The van der Waals surface area contributed by atoms with Crippen LogP contribution in [0.3, 0.4) is 0 Å². The first-order chi connectivity index (χ1) is 50.2. The number of nitrogens with two attached hydrogens (primary N) is 1. The zero-order valence-corrected chi connectivity index (χ0v) is 61.2. The average molecular weight is 1530 g/mol. The Labute approximate surface area is 623 Å². The van der Waals surface area contributed by atoms with Crippen molar-refractivity contribution in [1.29, 1.82) is 0 Å². The number of carbonyl (C=O) groups excluding carboxylic acids is 2. The summed E-state index contributed by atoms with van der Waals surface area (Å²) in [7, 11) is 0. The quantitative estimate of drug-likeness (QED) is 0.0245. The minimum atomic E-state index is -3.13. The average Bonchev–Trinajstić information content (AvgIpc) is 0.808. The fraction of sp³-hybridized carbons (Fsp3) is 0.390. The van der Waals surface area contributed by atoms with Gasteiger partial charge >= 0.3 is 30.0 Å². The lowest BCUT2D eigenvalue weighted by molar-refractivity contribution is 0.00539. The number of anilines is 8. The van der Waals surface area contributed by atoms with E-state index >= 15 is 0 Å². The number of nitrogens with one attached hydrogen (secondary N) is 6. The van der Waals surface area contributed by atoms with Crippen LogP contribution >= 0.6 is 15.9 Å². The minimum Gasteiger partial charge on any atom is -0.443 e. The number of carbonyl (C=O) groups is 2. The van der Waals surface area contributed by atoms with Crippen molar-refractivity contribution < 1.29 is 45.4 Å². The summed E-state index contributed by atoms with van der Waals surface area (Å²) in [5.74, 6) is -4.60. The number of hydrogen-bond acceptors (Lipinski definition) is 20. The molecule has 3 aliphatic heterocycles. The number of ether oxygens (including phenoxy) is 2. The van der Waals surface area contributed by atoms with Gasteiger partial charge in [-0.15, -0.1) is 0 Å². The Morgan fingerprint density at radius 1 is 0.462 bits per heavy atom. The second-order valence-electron chi connectivity index (χ2n) is 26.8. The molecule has 0 atom stereocenters. The van der Waals surface area contributed by atoms with E-state index in [1.54, 1.807) is 82.6 Å². The van der Waals surface area contributed by atoms with Crippen LogP contribution in [0.25, 0.3) is 0 Å². The van der Waals surface area contributed by atoms with Crippen LogP contribution in [-0.2, 0) is 65.8 Å². The van der Waals surface area contributed by atoms with E-state index in [-0.39, 0.29) is 30.6 Å². The second-order valence-corrected chi connectivity index (χ2v) is 27.6. The molecule has 0 bridgehead atoms. The number of halogens is 7. The van der Waals surface area contributed by atoms with Crippen LogP contribution in [0.5, 0.6) is 0 Å². The van der Waals surface area contributed by atoms with Gasteiger partial charge in [0.1, 0.15) is 79.4 Å². The van der Waals surface area contributed by atoms with Crippen molar-refractivity contribution in [1.82, 2.24) is 44.9 Å². The van der Waals surface area contributed by atoms with Crippen LogP contribution in [0, 0.1) is 0 Å². The van der Waals surface area contributed by atoms with Gasteiger partial charge in [0.15, 0.2) is 0 Å². The molecule has 22 nitrogen and oxygen atoms in total. The predicted molar refractivity (Wildman–Crippen MR) is 407 cm³/mol. The van der Waals surface area contributed by atoms with Crippen LogP contribution in [-0.4, -0.2) is 127 Å². The molecule has 8 N–H and O–H groups in total. The number of hydrogen-bond donors (Lipinski definition) is 7. The lowest BCUT2D eigenvalue weighted by Crippen LogP contribution is -2.40. The molecule has 9 aromatic rings. The van der Waals surface area contributed by atoms with E-state index in [1.807, 2.05) is 71.9 Å². The fourth-order valence-corrected chi connectivity index (χ4v) is 11.2. The highest BCUT2D eigenvalue weighted by Crippen LogP contribution is 2.32. The number of aryl methyl sites for hydroxylation is 3.